The van der Waals surface area contributed by atoms with Crippen LogP contribution in [0.2, 0.25) is 0 Å². The van der Waals surface area contributed by atoms with Crippen molar-refractivity contribution >= 4 is 23.2 Å². The zero-order valence-electron chi connectivity index (χ0n) is 9.96. The minimum Gasteiger partial charge on any atom is -0.480 e. The number of thiazole rings is 1. The molecule has 1 N–H and O–H groups in total. The molecule has 1 amide bonds. The van der Waals surface area contributed by atoms with Crippen molar-refractivity contribution in [3.63, 3.8) is 0 Å². The number of aryl methyl sites for hydroxylation is 1. The van der Waals surface area contributed by atoms with Gasteiger partial charge in [-0.3, -0.25) is 19.0 Å². The van der Waals surface area contributed by atoms with E-state index in [4.69, 9.17) is 5.11 Å². The molecule has 0 saturated heterocycles. The maximum Gasteiger partial charge on any atom is 0.323 e. The lowest BCUT2D eigenvalue weighted by Crippen LogP contribution is -2.39. The highest BCUT2D eigenvalue weighted by atomic mass is 32.1. The summed E-state index contributed by atoms with van der Waals surface area (Å²) in [6.45, 7) is 4.79. The zero-order valence-corrected chi connectivity index (χ0v) is 10.8. The Kier molecular flexibility index (Phi) is 4.85. The number of carbonyl (C=O) groups excluding carboxylic acids is 1. The van der Waals surface area contributed by atoms with Crippen LogP contribution < -0.4 is 4.87 Å². The highest BCUT2D eigenvalue weighted by Crippen LogP contribution is 2.01. The quantitative estimate of drug-likeness (QED) is 0.755. The third-order valence-corrected chi connectivity index (χ3v) is 3.18. The average Bonchev–Trinajstić information content (AvgIpc) is 2.59. The first-order chi connectivity index (χ1) is 8.45. The Balaban J connectivity index is 2.81. The van der Waals surface area contributed by atoms with Crippen LogP contribution in [-0.2, 0) is 16.1 Å². The summed E-state index contributed by atoms with van der Waals surface area (Å²) < 4.78 is 1.32. The molecular formula is C11H14N2O4S. The van der Waals surface area contributed by atoms with Gasteiger partial charge in [0.05, 0.1) is 0 Å². The van der Waals surface area contributed by atoms with E-state index in [1.807, 2.05) is 0 Å². The highest BCUT2D eigenvalue weighted by molar-refractivity contribution is 7.07. The standard InChI is InChI=1S/C11H14N2O4S/c1-3-4-12(6-10(15)16)9(14)5-13-8(2)7-18-11(13)17/h3,7H,1,4-6H2,2H3,(H,15,16). The van der Waals surface area contributed by atoms with Crippen molar-refractivity contribution in [3.05, 3.63) is 33.4 Å². The lowest BCUT2D eigenvalue weighted by atomic mass is 10.4. The summed E-state index contributed by atoms with van der Waals surface area (Å²) in [5.41, 5.74) is 0.687. The van der Waals surface area contributed by atoms with Crippen LogP contribution in [0.4, 0.5) is 0 Å². The van der Waals surface area contributed by atoms with Gasteiger partial charge < -0.3 is 10.0 Å². The van der Waals surface area contributed by atoms with Gasteiger partial charge in [0.15, 0.2) is 0 Å². The first-order valence-corrected chi connectivity index (χ1v) is 6.09. The molecule has 7 heteroatoms. The second-order valence-corrected chi connectivity index (χ2v) is 4.51. The Morgan fingerprint density at radius 3 is 2.72 bits per heavy atom. The fourth-order valence-corrected chi connectivity index (χ4v) is 2.14. The van der Waals surface area contributed by atoms with Crippen molar-refractivity contribution in [2.45, 2.75) is 13.5 Å². The van der Waals surface area contributed by atoms with Gasteiger partial charge in [0, 0.05) is 17.6 Å². The largest absolute Gasteiger partial charge is 0.480 e. The van der Waals surface area contributed by atoms with Crippen molar-refractivity contribution in [3.8, 4) is 0 Å². The SMILES string of the molecule is C=CCN(CC(=O)O)C(=O)Cn1c(C)csc1=O. The molecule has 0 aromatic carbocycles. The molecule has 1 aromatic heterocycles. The molecule has 18 heavy (non-hydrogen) atoms. The Hall–Kier alpha value is -1.89. The van der Waals surface area contributed by atoms with Crippen LogP contribution in [0.25, 0.3) is 0 Å². The maximum absolute atomic E-state index is 11.9. The van der Waals surface area contributed by atoms with Crippen LogP contribution in [0.1, 0.15) is 5.69 Å². The van der Waals surface area contributed by atoms with Gasteiger partial charge >= 0.3 is 10.8 Å². The minimum atomic E-state index is -1.10. The summed E-state index contributed by atoms with van der Waals surface area (Å²) in [6.07, 6.45) is 1.45. The third kappa shape index (κ3) is 3.56. The molecule has 0 aliphatic rings. The topological polar surface area (TPSA) is 79.6 Å². The summed E-state index contributed by atoms with van der Waals surface area (Å²) in [4.78, 5) is 34.9. The predicted octanol–water partition coefficient (Wildman–Crippen LogP) is 0.317. The second-order valence-electron chi connectivity index (χ2n) is 3.69. The molecule has 0 saturated carbocycles. The van der Waals surface area contributed by atoms with Crippen molar-refractivity contribution < 1.29 is 14.7 Å². The zero-order chi connectivity index (χ0) is 13.7. The molecule has 0 aliphatic carbocycles. The number of aliphatic carboxylic acids is 1. The predicted molar refractivity (Wildman–Crippen MR) is 67.7 cm³/mol. The molecule has 1 aromatic rings. The summed E-state index contributed by atoms with van der Waals surface area (Å²) in [5.74, 6) is -1.51. The van der Waals surface area contributed by atoms with Gasteiger partial charge in [-0.25, -0.2) is 0 Å². The summed E-state index contributed by atoms with van der Waals surface area (Å²) in [7, 11) is 0. The van der Waals surface area contributed by atoms with Crippen LogP contribution in [0.3, 0.4) is 0 Å². The van der Waals surface area contributed by atoms with Crippen molar-refractivity contribution in [1.82, 2.24) is 9.47 Å². The molecule has 0 fully saturated rings. The number of carboxylic acid groups (broad SMARTS) is 1. The smallest absolute Gasteiger partial charge is 0.323 e. The van der Waals surface area contributed by atoms with Crippen LogP contribution in [0.5, 0.6) is 0 Å². The molecule has 1 heterocycles. The average molecular weight is 270 g/mol. The van der Waals surface area contributed by atoms with E-state index < -0.39 is 18.4 Å². The number of hydrogen-bond acceptors (Lipinski definition) is 4. The van der Waals surface area contributed by atoms with E-state index >= 15 is 0 Å². The molecule has 0 radical (unpaired) electrons. The Morgan fingerprint density at radius 1 is 1.61 bits per heavy atom. The number of carbonyl (C=O) groups is 2. The van der Waals surface area contributed by atoms with E-state index in [0.29, 0.717) is 5.69 Å². The molecule has 0 spiro atoms. The van der Waals surface area contributed by atoms with Gasteiger partial charge in [-0.15, -0.1) is 6.58 Å². The molecule has 0 aliphatic heterocycles. The van der Waals surface area contributed by atoms with Crippen LogP contribution >= 0.6 is 11.3 Å². The number of hydrogen-bond donors (Lipinski definition) is 1. The number of nitrogens with zero attached hydrogens (tertiary/aromatic N) is 2. The van der Waals surface area contributed by atoms with E-state index in [-0.39, 0.29) is 18.0 Å². The van der Waals surface area contributed by atoms with Gasteiger partial charge in [-0.05, 0) is 6.92 Å². The van der Waals surface area contributed by atoms with E-state index in [9.17, 15) is 14.4 Å². The van der Waals surface area contributed by atoms with Crippen LogP contribution in [-0.4, -0.2) is 39.5 Å². The van der Waals surface area contributed by atoms with E-state index in [1.165, 1.54) is 10.6 Å². The van der Waals surface area contributed by atoms with Crippen molar-refractivity contribution in [2.75, 3.05) is 13.1 Å². The summed E-state index contributed by atoms with van der Waals surface area (Å²) in [6, 6.07) is 0. The van der Waals surface area contributed by atoms with Gasteiger partial charge in [0.2, 0.25) is 5.91 Å². The fourth-order valence-electron chi connectivity index (χ4n) is 1.41. The number of amides is 1. The Labute approximate surface area is 108 Å². The monoisotopic (exact) mass is 270 g/mol. The second kappa shape index (κ2) is 6.15. The fraction of sp³-hybridized carbons (Fsp3) is 0.364. The summed E-state index contributed by atoms with van der Waals surface area (Å²) in [5, 5.41) is 10.4. The number of carboxylic acids is 1. The molecule has 0 bridgehead atoms. The van der Waals surface area contributed by atoms with Gasteiger partial charge in [0.25, 0.3) is 0 Å². The molecule has 98 valence electrons. The van der Waals surface area contributed by atoms with E-state index in [2.05, 4.69) is 6.58 Å². The first-order valence-electron chi connectivity index (χ1n) is 5.21. The summed E-state index contributed by atoms with van der Waals surface area (Å²) >= 11 is 1.01. The van der Waals surface area contributed by atoms with E-state index in [0.717, 1.165) is 16.2 Å². The maximum atomic E-state index is 11.9. The lowest BCUT2D eigenvalue weighted by molar-refractivity contribution is -0.144. The number of aromatic nitrogens is 1. The van der Waals surface area contributed by atoms with Crippen LogP contribution in [0, 0.1) is 6.92 Å². The van der Waals surface area contributed by atoms with Crippen molar-refractivity contribution in [2.24, 2.45) is 0 Å². The Morgan fingerprint density at radius 2 is 2.28 bits per heavy atom. The van der Waals surface area contributed by atoms with Gasteiger partial charge in [0.1, 0.15) is 13.1 Å². The van der Waals surface area contributed by atoms with Gasteiger partial charge in [-0.2, -0.15) is 0 Å². The molecular weight excluding hydrogens is 256 g/mol. The first kappa shape index (κ1) is 14.2. The van der Waals surface area contributed by atoms with E-state index in [1.54, 1.807) is 12.3 Å². The normalized spacial score (nSPS) is 10.1. The van der Waals surface area contributed by atoms with Crippen LogP contribution in [0.15, 0.2) is 22.8 Å². The number of rotatable bonds is 6. The molecule has 0 unspecified atom stereocenters. The van der Waals surface area contributed by atoms with Gasteiger partial charge in [-0.1, -0.05) is 17.4 Å². The third-order valence-electron chi connectivity index (χ3n) is 2.30. The molecule has 1 rings (SSSR count). The molecule has 6 nitrogen and oxygen atoms in total. The minimum absolute atomic E-state index is 0.142. The van der Waals surface area contributed by atoms with Crippen molar-refractivity contribution in [1.29, 1.82) is 0 Å². The lowest BCUT2D eigenvalue weighted by Gasteiger charge is -2.19. The molecule has 0 atom stereocenters. The highest BCUT2D eigenvalue weighted by Gasteiger charge is 2.17. The Bertz CT molecular complexity index is 517.